The van der Waals surface area contributed by atoms with Crippen LogP contribution < -0.4 is 0 Å². The molecule has 1 aromatic rings. The Morgan fingerprint density at radius 2 is 2.04 bits per heavy atom. The number of hydrogen-bond acceptors (Lipinski definition) is 4. The van der Waals surface area contributed by atoms with Crippen LogP contribution in [0.25, 0.3) is 0 Å². The van der Waals surface area contributed by atoms with E-state index in [4.69, 9.17) is 4.74 Å². The third kappa shape index (κ3) is 4.54. The van der Waals surface area contributed by atoms with Gasteiger partial charge in [-0.25, -0.2) is 4.79 Å². The number of carbonyl (C=O) groups excluding carboxylic acids is 2. The Hall–Kier alpha value is -1.01. The summed E-state index contributed by atoms with van der Waals surface area (Å²) in [5.41, 5.74) is 0.590. The first-order valence-corrected chi connectivity index (χ1v) is 10.3. The van der Waals surface area contributed by atoms with Crippen LogP contribution in [0.2, 0.25) is 0 Å². The predicted octanol–water partition coefficient (Wildman–Crippen LogP) is 4.48. The molecule has 1 heterocycles. The van der Waals surface area contributed by atoms with E-state index in [9.17, 15) is 9.59 Å². The van der Waals surface area contributed by atoms with E-state index in [0.717, 1.165) is 30.2 Å². The summed E-state index contributed by atoms with van der Waals surface area (Å²) in [6.07, 6.45) is 3.67. The van der Waals surface area contributed by atoms with Crippen LogP contribution in [-0.2, 0) is 9.53 Å². The van der Waals surface area contributed by atoms with Crippen molar-refractivity contribution in [3.05, 3.63) is 34.3 Å². The predicted molar refractivity (Wildman–Crippen MR) is 101 cm³/mol. The Labute approximate surface area is 156 Å². The largest absolute Gasteiger partial charge is 0.464 e. The van der Waals surface area contributed by atoms with Crippen molar-refractivity contribution >= 4 is 39.6 Å². The van der Waals surface area contributed by atoms with Crippen molar-refractivity contribution in [2.24, 2.45) is 0 Å². The molecule has 24 heavy (non-hydrogen) atoms. The molecule has 132 valence electrons. The van der Waals surface area contributed by atoms with Crippen LogP contribution in [0.15, 0.2) is 28.7 Å². The van der Waals surface area contributed by atoms with Gasteiger partial charge < -0.3 is 9.64 Å². The van der Waals surface area contributed by atoms with Gasteiger partial charge in [0.1, 0.15) is 6.04 Å². The molecule has 4 nitrogen and oxygen atoms in total. The van der Waals surface area contributed by atoms with Crippen molar-refractivity contribution in [1.29, 1.82) is 0 Å². The van der Waals surface area contributed by atoms with Gasteiger partial charge in [0.25, 0.3) is 5.91 Å². The van der Waals surface area contributed by atoms with Gasteiger partial charge in [-0.05, 0) is 40.9 Å². The molecule has 0 radical (unpaired) electrons. The number of unbranched alkanes of at least 4 members (excludes halogenated alkanes) is 1. The summed E-state index contributed by atoms with van der Waals surface area (Å²) in [4.78, 5) is 27.3. The summed E-state index contributed by atoms with van der Waals surface area (Å²) >= 11 is 5.11. The zero-order chi connectivity index (χ0) is 17.5. The van der Waals surface area contributed by atoms with Gasteiger partial charge in [0.05, 0.1) is 17.5 Å². The Morgan fingerprint density at radius 1 is 1.29 bits per heavy atom. The molecule has 0 unspecified atom stereocenters. The first kappa shape index (κ1) is 19.3. The first-order valence-electron chi connectivity index (χ1n) is 8.45. The van der Waals surface area contributed by atoms with Gasteiger partial charge >= 0.3 is 5.97 Å². The summed E-state index contributed by atoms with van der Waals surface area (Å²) < 4.78 is 6.13. The third-order valence-electron chi connectivity index (χ3n) is 3.98. The summed E-state index contributed by atoms with van der Waals surface area (Å²) in [7, 11) is 0. The maximum absolute atomic E-state index is 13.1. The molecule has 0 saturated carbocycles. The van der Waals surface area contributed by atoms with E-state index in [2.05, 4.69) is 29.8 Å². The number of benzene rings is 1. The van der Waals surface area contributed by atoms with Crippen LogP contribution in [0.1, 0.15) is 49.9 Å². The maximum Gasteiger partial charge on any atom is 0.329 e. The van der Waals surface area contributed by atoms with Gasteiger partial charge in [-0.3, -0.25) is 4.79 Å². The molecule has 6 heteroatoms. The van der Waals surface area contributed by atoms with Gasteiger partial charge in [-0.1, -0.05) is 38.8 Å². The van der Waals surface area contributed by atoms with Crippen LogP contribution >= 0.6 is 27.7 Å². The highest BCUT2D eigenvalue weighted by Crippen LogP contribution is 2.35. The highest BCUT2D eigenvalue weighted by atomic mass is 79.9. The lowest BCUT2D eigenvalue weighted by molar-refractivity contribution is -0.148. The van der Waals surface area contributed by atoms with E-state index in [0.29, 0.717) is 17.9 Å². The fraction of sp³-hybridized carbons (Fsp3) is 0.556. The molecule has 1 aliphatic heterocycles. The number of nitrogens with zero attached hydrogens (tertiary/aromatic N) is 1. The van der Waals surface area contributed by atoms with Crippen molar-refractivity contribution in [1.82, 2.24) is 4.90 Å². The molecule has 1 aromatic carbocycles. The van der Waals surface area contributed by atoms with Gasteiger partial charge in [0, 0.05) is 10.2 Å². The van der Waals surface area contributed by atoms with Crippen molar-refractivity contribution in [3.63, 3.8) is 0 Å². The molecular formula is C18H24BrNO3S. The number of halogens is 1. The molecule has 1 aliphatic rings. The highest BCUT2D eigenvalue weighted by molar-refractivity contribution is 9.10. The number of rotatable bonds is 7. The molecule has 0 spiro atoms. The minimum absolute atomic E-state index is 0.0262. The summed E-state index contributed by atoms with van der Waals surface area (Å²) in [6, 6.07) is 6.85. The SMILES string of the molecule is CCCCOC(=O)[C@H]1CS[C@H](CCC)N1C(=O)c1ccccc1Br. The van der Waals surface area contributed by atoms with Crippen LogP contribution in [-0.4, -0.2) is 40.6 Å². The molecule has 1 fully saturated rings. The van der Waals surface area contributed by atoms with Gasteiger partial charge in [-0.2, -0.15) is 0 Å². The molecule has 0 N–H and O–H groups in total. The molecular weight excluding hydrogens is 390 g/mol. The fourth-order valence-corrected chi connectivity index (χ4v) is 4.63. The van der Waals surface area contributed by atoms with Crippen molar-refractivity contribution in [3.8, 4) is 0 Å². The zero-order valence-electron chi connectivity index (χ0n) is 14.2. The molecule has 2 rings (SSSR count). The second kappa shape index (κ2) is 9.47. The first-order chi connectivity index (χ1) is 11.6. The van der Waals surface area contributed by atoms with Crippen LogP contribution in [0.3, 0.4) is 0 Å². The smallest absolute Gasteiger partial charge is 0.329 e. The number of amides is 1. The number of esters is 1. The average Bonchev–Trinajstić information content (AvgIpc) is 2.99. The maximum atomic E-state index is 13.1. The number of hydrogen-bond donors (Lipinski definition) is 0. The van der Waals surface area contributed by atoms with Gasteiger partial charge in [0.15, 0.2) is 0 Å². The lowest BCUT2D eigenvalue weighted by Crippen LogP contribution is -2.46. The quantitative estimate of drug-likeness (QED) is 0.488. The molecule has 0 bridgehead atoms. The second-order valence-corrected chi connectivity index (χ2v) is 7.87. The number of ether oxygens (including phenoxy) is 1. The van der Waals surface area contributed by atoms with Crippen LogP contribution in [0.5, 0.6) is 0 Å². The molecule has 1 amide bonds. The topological polar surface area (TPSA) is 46.6 Å². The van der Waals surface area contributed by atoms with Gasteiger partial charge in [-0.15, -0.1) is 11.8 Å². The second-order valence-electron chi connectivity index (χ2n) is 5.81. The van der Waals surface area contributed by atoms with Crippen molar-refractivity contribution in [2.75, 3.05) is 12.4 Å². The molecule has 0 aliphatic carbocycles. The lowest BCUT2D eigenvalue weighted by Gasteiger charge is -2.28. The van der Waals surface area contributed by atoms with Crippen molar-refractivity contribution < 1.29 is 14.3 Å². The molecule has 2 atom stereocenters. The minimum Gasteiger partial charge on any atom is -0.464 e. The molecule has 1 saturated heterocycles. The number of thioether (sulfide) groups is 1. The van der Waals surface area contributed by atoms with E-state index in [1.165, 1.54) is 0 Å². The standard InChI is InChI=1S/C18H24BrNO3S/c1-3-5-11-23-18(22)15-12-24-16(8-4-2)20(15)17(21)13-9-6-7-10-14(13)19/h6-7,9-10,15-16H,3-5,8,11-12H2,1-2H3/t15-,16-/m1/s1. The summed E-state index contributed by atoms with van der Waals surface area (Å²) in [5.74, 6) is 0.213. The van der Waals surface area contributed by atoms with E-state index in [1.54, 1.807) is 22.7 Å². The average molecular weight is 414 g/mol. The zero-order valence-corrected chi connectivity index (χ0v) is 16.6. The Bertz CT molecular complexity index is 581. The van der Waals surface area contributed by atoms with Crippen LogP contribution in [0.4, 0.5) is 0 Å². The summed E-state index contributed by atoms with van der Waals surface area (Å²) in [5, 5.41) is 0.0262. The lowest BCUT2D eigenvalue weighted by atomic mass is 10.1. The monoisotopic (exact) mass is 413 g/mol. The summed E-state index contributed by atoms with van der Waals surface area (Å²) in [6.45, 7) is 4.57. The van der Waals surface area contributed by atoms with E-state index < -0.39 is 6.04 Å². The Balaban J connectivity index is 2.20. The Kier molecular flexibility index (Phi) is 7.62. The molecule has 0 aromatic heterocycles. The van der Waals surface area contributed by atoms with Gasteiger partial charge in [0.2, 0.25) is 0 Å². The van der Waals surface area contributed by atoms with E-state index >= 15 is 0 Å². The highest BCUT2D eigenvalue weighted by Gasteiger charge is 2.42. The minimum atomic E-state index is -0.497. The normalized spacial score (nSPS) is 20.2. The van der Waals surface area contributed by atoms with E-state index in [1.807, 2.05) is 18.2 Å². The Morgan fingerprint density at radius 3 is 2.71 bits per heavy atom. The number of carbonyl (C=O) groups is 2. The van der Waals surface area contributed by atoms with Crippen LogP contribution in [0, 0.1) is 0 Å². The fourth-order valence-electron chi connectivity index (χ4n) is 2.67. The third-order valence-corrected chi connectivity index (χ3v) is 6.03. The van der Waals surface area contributed by atoms with E-state index in [-0.39, 0.29) is 17.3 Å². The van der Waals surface area contributed by atoms with Crippen molar-refractivity contribution in [2.45, 2.75) is 50.9 Å².